The second-order valence-corrected chi connectivity index (χ2v) is 8.45. The van der Waals surface area contributed by atoms with Crippen molar-refractivity contribution in [3.05, 3.63) is 16.8 Å². The number of hydrogen-bond acceptors (Lipinski definition) is 6. The number of hydrogen-bond donors (Lipinski definition) is 0. The lowest BCUT2D eigenvalue weighted by atomic mass is 10.2. The molecule has 1 aliphatic heterocycles. The summed E-state index contributed by atoms with van der Waals surface area (Å²) in [6, 6.07) is 2.20. The van der Waals surface area contributed by atoms with Gasteiger partial charge in [0.15, 0.2) is 0 Å². The molecular weight excluding hydrogens is 336 g/mol. The minimum absolute atomic E-state index is 0.236. The summed E-state index contributed by atoms with van der Waals surface area (Å²) in [6.45, 7) is 12.6. The quantitative estimate of drug-likeness (QED) is 0.817. The zero-order valence-electron chi connectivity index (χ0n) is 15.6. The van der Waals surface area contributed by atoms with E-state index in [1.165, 1.54) is 4.88 Å². The largest absolute Gasteiger partial charge is 0.444 e. The van der Waals surface area contributed by atoms with Crippen molar-refractivity contribution in [2.24, 2.45) is 0 Å². The van der Waals surface area contributed by atoms with Crippen LogP contribution in [0.4, 0.5) is 10.6 Å². The van der Waals surface area contributed by atoms with E-state index in [2.05, 4.69) is 27.9 Å². The summed E-state index contributed by atoms with van der Waals surface area (Å²) in [5.41, 5.74) is -0.461. The number of fused-ring (bicyclic) bond motifs is 1. The first-order valence-corrected chi connectivity index (χ1v) is 9.58. The molecule has 0 aliphatic carbocycles. The Morgan fingerprint density at radius 3 is 2.52 bits per heavy atom. The third-order valence-electron chi connectivity index (χ3n) is 4.11. The fourth-order valence-electron chi connectivity index (χ4n) is 2.90. The highest BCUT2D eigenvalue weighted by atomic mass is 32.1. The van der Waals surface area contributed by atoms with Crippen LogP contribution < -0.4 is 4.90 Å². The molecule has 0 atom stereocenters. The first-order chi connectivity index (χ1) is 11.8. The van der Waals surface area contributed by atoms with E-state index in [1.807, 2.05) is 27.7 Å². The fraction of sp³-hybridized carbons (Fsp3) is 0.611. The van der Waals surface area contributed by atoms with Gasteiger partial charge in [-0.25, -0.2) is 14.8 Å². The zero-order chi connectivity index (χ0) is 18.2. The van der Waals surface area contributed by atoms with E-state index in [4.69, 9.17) is 4.74 Å². The van der Waals surface area contributed by atoms with Gasteiger partial charge >= 0.3 is 6.09 Å². The van der Waals surface area contributed by atoms with Crippen molar-refractivity contribution in [2.75, 3.05) is 31.1 Å². The van der Waals surface area contributed by atoms with Gasteiger partial charge in [0.2, 0.25) is 0 Å². The molecule has 2 aromatic heterocycles. The summed E-state index contributed by atoms with van der Waals surface area (Å²) in [4.78, 5) is 27.9. The number of carbonyl (C=O) groups is 1. The van der Waals surface area contributed by atoms with Crippen LogP contribution in [0, 0.1) is 6.92 Å². The molecule has 1 saturated heterocycles. The number of ether oxygens (including phenoxy) is 1. The molecule has 136 valence electrons. The van der Waals surface area contributed by atoms with E-state index in [9.17, 15) is 4.79 Å². The summed E-state index contributed by atoms with van der Waals surface area (Å²) in [6.07, 6.45) is 0.770. The molecule has 6 nitrogen and oxygen atoms in total. The lowest BCUT2D eigenvalue weighted by molar-refractivity contribution is 0.0240. The highest BCUT2D eigenvalue weighted by Crippen LogP contribution is 2.31. The van der Waals surface area contributed by atoms with Gasteiger partial charge in [0.05, 0.1) is 5.39 Å². The van der Waals surface area contributed by atoms with Crippen molar-refractivity contribution in [3.63, 3.8) is 0 Å². The van der Waals surface area contributed by atoms with Gasteiger partial charge in [-0.15, -0.1) is 11.3 Å². The van der Waals surface area contributed by atoms with Crippen LogP contribution in [0.1, 0.15) is 38.4 Å². The van der Waals surface area contributed by atoms with Crippen molar-refractivity contribution >= 4 is 33.5 Å². The monoisotopic (exact) mass is 362 g/mol. The van der Waals surface area contributed by atoms with Crippen molar-refractivity contribution in [3.8, 4) is 0 Å². The van der Waals surface area contributed by atoms with Crippen LogP contribution in [0.2, 0.25) is 0 Å². The van der Waals surface area contributed by atoms with E-state index in [0.29, 0.717) is 13.1 Å². The summed E-state index contributed by atoms with van der Waals surface area (Å²) < 4.78 is 5.47. The SMILES string of the molecule is CCc1cc2c(N3CCN(C(=O)OC(C)(C)C)CC3)nc(C)nc2s1. The molecule has 0 radical (unpaired) electrons. The highest BCUT2D eigenvalue weighted by Gasteiger charge is 2.27. The molecule has 3 rings (SSSR count). The minimum atomic E-state index is -0.461. The van der Waals surface area contributed by atoms with E-state index >= 15 is 0 Å². The Morgan fingerprint density at radius 1 is 1.24 bits per heavy atom. The third kappa shape index (κ3) is 4.03. The number of amides is 1. The van der Waals surface area contributed by atoms with Crippen LogP contribution in [0.5, 0.6) is 0 Å². The normalized spacial score (nSPS) is 15.7. The van der Waals surface area contributed by atoms with E-state index in [1.54, 1.807) is 16.2 Å². The maximum atomic E-state index is 12.2. The van der Waals surface area contributed by atoms with Gasteiger partial charge in [0.1, 0.15) is 22.1 Å². The Labute approximate surface area is 152 Å². The molecule has 0 saturated carbocycles. The zero-order valence-corrected chi connectivity index (χ0v) is 16.4. The van der Waals surface area contributed by atoms with Crippen molar-refractivity contribution in [2.45, 2.75) is 46.6 Å². The number of piperazine rings is 1. The summed E-state index contributed by atoms with van der Waals surface area (Å²) >= 11 is 1.74. The predicted octanol–water partition coefficient (Wildman–Crippen LogP) is 3.62. The summed E-state index contributed by atoms with van der Waals surface area (Å²) in [5.74, 6) is 1.78. The first-order valence-electron chi connectivity index (χ1n) is 8.77. The molecule has 0 bridgehead atoms. The van der Waals surface area contributed by atoms with Gasteiger partial charge in [-0.3, -0.25) is 0 Å². The average Bonchev–Trinajstić information content (AvgIpc) is 2.95. The van der Waals surface area contributed by atoms with Gasteiger partial charge in [-0.2, -0.15) is 0 Å². The molecule has 1 fully saturated rings. The van der Waals surface area contributed by atoms with E-state index < -0.39 is 5.60 Å². The minimum Gasteiger partial charge on any atom is -0.444 e. The number of aromatic nitrogens is 2. The van der Waals surface area contributed by atoms with Gasteiger partial charge < -0.3 is 14.5 Å². The first kappa shape index (κ1) is 17.9. The predicted molar refractivity (Wildman–Crippen MR) is 102 cm³/mol. The highest BCUT2D eigenvalue weighted by molar-refractivity contribution is 7.18. The lowest BCUT2D eigenvalue weighted by Crippen LogP contribution is -2.50. The molecule has 0 N–H and O–H groups in total. The molecule has 0 aromatic carbocycles. The van der Waals surface area contributed by atoms with Crippen LogP contribution in [0.15, 0.2) is 6.07 Å². The van der Waals surface area contributed by atoms with Gasteiger partial charge in [-0.1, -0.05) is 6.92 Å². The Kier molecular flexibility index (Phi) is 4.86. The fourth-order valence-corrected chi connectivity index (χ4v) is 3.91. The van der Waals surface area contributed by atoms with Crippen LogP contribution >= 0.6 is 11.3 Å². The maximum absolute atomic E-state index is 12.2. The molecule has 1 aliphatic rings. The number of nitrogens with zero attached hydrogens (tertiary/aromatic N) is 4. The maximum Gasteiger partial charge on any atom is 0.410 e. The molecule has 7 heteroatoms. The van der Waals surface area contributed by atoms with Crippen LogP contribution in [-0.2, 0) is 11.2 Å². The lowest BCUT2D eigenvalue weighted by Gasteiger charge is -2.36. The summed E-state index contributed by atoms with van der Waals surface area (Å²) in [5, 5.41) is 1.12. The van der Waals surface area contributed by atoms with Crippen LogP contribution in [0.25, 0.3) is 10.2 Å². The second-order valence-electron chi connectivity index (χ2n) is 7.33. The number of rotatable bonds is 2. The van der Waals surface area contributed by atoms with Gasteiger partial charge in [0.25, 0.3) is 0 Å². The van der Waals surface area contributed by atoms with Crippen molar-refractivity contribution in [1.82, 2.24) is 14.9 Å². The molecular formula is C18H26N4O2S. The summed E-state index contributed by atoms with van der Waals surface area (Å²) in [7, 11) is 0. The van der Waals surface area contributed by atoms with Crippen LogP contribution in [0.3, 0.4) is 0 Å². The molecule has 0 unspecified atom stereocenters. The molecule has 2 aromatic rings. The van der Waals surface area contributed by atoms with Crippen molar-refractivity contribution < 1.29 is 9.53 Å². The third-order valence-corrected chi connectivity index (χ3v) is 5.29. The van der Waals surface area contributed by atoms with E-state index in [-0.39, 0.29) is 6.09 Å². The van der Waals surface area contributed by atoms with Crippen LogP contribution in [-0.4, -0.2) is 52.7 Å². The second kappa shape index (κ2) is 6.78. The molecule has 1 amide bonds. The smallest absolute Gasteiger partial charge is 0.410 e. The standard InChI is InChI=1S/C18H26N4O2S/c1-6-13-11-14-15(19-12(2)20-16(14)25-13)21-7-9-22(10-8-21)17(23)24-18(3,4)5/h11H,6-10H2,1-5H3. The van der Waals surface area contributed by atoms with Gasteiger partial charge in [-0.05, 0) is 40.2 Å². The Balaban J connectivity index is 1.76. The number of aryl methyl sites for hydroxylation is 2. The molecule has 0 spiro atoms. The number of anilines is 1. The Morgan fingerprint density at radius 2 is 1.92 bits per heavy atom. The topological polar surface area (TPSA) is 58.6 Å². The number of thiophene rings is 1. The Bertz CT molecular complexity index is 773. The average molecular weight is 362 g/mol. The molecule has 3 heterocycles. The van der Waals surface area contributed by atoms with Crippen molar-refractivity contribution in [1.29, 1.82) is 0 Å². The van der Waals surface area contributed by atoms with E-state index in [0.717, 1.165) is 41.4 Å². The Hall–Kier alpha value is -1.89. The molecule has 25 heavy (non-hydrogen) atoms. The van der Waals surface area contributed by atoms with Gasteiger partial charge in [0, 0.05) is 31.1 Å². The number of carbonyl (C=O) groups excluding carboxylic acids is 1.